The Morgan fingerprint density at radius 2 is 2.47 bits per heavy atom. The molecule has 0 saturated carbocycles. The van der Waals surface area contributed by atoms with Gasteiger partial charge in [-0.25, -0.2) is 0 Å². The summed E-state index contributed by atoms with van der Waals surface area (Å²) < 4.78 is 0. The van der Waals surface area contributed by atoms with E-state index in [4.69, 9.17) is 0 Å². The fourth-order valence-electron chi connectivity index (χ4n) is 1.38. The van der Waals surface area contributed by atoms with Crippen molar-refractivity contribution >= 4 is 11.3 Å². The number of rotatable bonds is 7. The number of hydrogen-bond donors (Lipinski definition) is 1. The lowest BCUT2D eigenvalue weighted by Crippen LogP contribution is -2.37. The van der Waals surface area contributed by atoms with E-state index < -0.39 is 0 Å². The van der Waals surface area contributed by atoms with Crippen LogP contribution in [-0.4, -0.2) is 31.1 Å². The number of thiophene rings is 1. The van der Waals surface area contributed by atoms with Crippen molar-refractivity contribution in [2.45, 2.75) is 19.5 Å². The van der Waals surface area contributed by atoms with Gasteiger partial charge in [0.05, 0.1) is 0 Å². The smallest absolute Gasteiger partial charge is 0.0242 e. The second-order valence-corrected chi connectivity index (χ2v) is 4.62. The van der Waals surface area contributed by atoms with Gasteiger partial charge in [-0.05, 0) is 36.4 Å². The molecular formula is C12H20N2S. The van der Waals surface area contributed by atoms with Crippen LogP contribution >= 0.6 is 11.3 Å². The van der Waals surface area contributed by atoms with Crippen molar-refractivity contribution in [1.29, 1.82) is 0 Å². The van der Waals surface area contributed by atoms with Gasteiger partial charge in [0.1, 0.15) is 0 Å². The lowest BCUT2D eigenvalue weighted by atomic mass is 10.2. The van der Waals surface area contributed by atoms with Gasteiger partial charge in [-0.3, -0.25) is 4.90 Å². The zero-order valence-corrected chi connectivity index (χ0v) is 10.4. The van der Waals surface area contributed by atoms with Gasteiger partial charge in [-0.15, -0.1) is 6.58 Å². The minimum atomic E-state index is 0.546. The lowest BCUT2D eigenvalue weighted by Gasteiger charge is -2.24. The van der Waals surface area contributed by atoms with E-state index in [1.54, 1.807) is 11.3 Å². The molecule has 84 valence electrons. The summed E-state index contributed by atoms with van der Waals surface area (Å²) in [6.45, 7) is 8.85. The van der Waals surface area contributed by atoms with Crippen LogP contribution in [0.4, 0.5) is 0 Å². The van der Waals surface area contributed by atoms with E-state index in [2.05, 4.69) is 47.6 Å². The molecule has 1 unspecified atom stereocenters. The van der Waals surface area contributed by atoms with Crippen molar-refractivity contribution in [3.05, 3.63) is 35.0 Å². The Morgan fingerprint density at radius 1 is 1.67 bits per heavy atom. The first kappa shape index (κ1) is 12.4. The molecule has 0 aliphatic carbocycles. The molecule has 15 heavy (non-hydrogen) atoms. The number of hydrogen-bond acceptors (Lipinski definition) is 3. The third kappa shape index (κ3) is 4.60. The molecule has 0 saturated heterocycles. The third-order valence-corrected chi connectivity index (χ3v) is 3.22. The monoisotopic (exact) mass is 224 g/mol. The van der Waals surface area contributed by atoms with E-state index >= 15 is 0 Å². The zero-order valence-electron chi connectivity index (χ0n) is 9.57. The van der Waals surface area contributed by atoms with Gasteiger partial charge in [-0.2, -0.15) is 11.3 Å². The van der Waals surface area contributed by atoms with Crippen LogP contribution in [0, 0.1) is 0 Å². The average molecular weight is 224 g/mol. The molecule has 1 rings (SSSR count). The molecule has 1 atom stereocenters. The van der Waals surface area contributed by atoms with Crippen LogP contribution < -0.4 is 5.32 Å². The standard InChI is InChI=1S/C12H20N2S/c1-4-6-13-8-11(2)14(3)9-12-5-7-15-10-12/h4-5,7,10-11,13H,1,6,8-9H2,2-3H3. The lowest BCUT2D eigenvalue weighted by molar-refractivity contribution is 0.245. The summed E-state index contributed by atoms with van der Waals surface area (Å²) >= 11 is 1.76. The molecule has 3 heteroatoms. The van der Waals surface area contributed by atoms with Crippen molar-refractivity contribution in [2.75, 3.05) is 20.1 Å². The van der Waals surface area contributed by atoms with E-state index in [0.29, 0.717) is 6.04 Å². The fourth-order valence-corrected chi connectivity index (χ4v) is 2.04. The van der Waals surface area contributed by atoms with Gasteiger partial charge in [0.25, 0.3) is 0 Å². The highest BCUT2D eigenvalue weighted by atomic mass is 32.1. The normalized spacial score (nSPS) is 13.0. The van der Waals surface area contributed by atoms with Gasteiger partial charge < -0.3 is 5.32 Å². The van der Waals surface area contributed by atoms with Crippen LogP contribution in [0.3, 0.4) is 0 Å². The molecule has 1 aromatic rings. The summed E-state index contributed by atoms with van der Waals surface area (Å²) in [6, 6.07) is 2.73. The molecule has 0 fully saturated rings. The van der Waals surface area contributed by atoms with E-state index in [9.17, 15) is 0 Å². The second-order valence-electron chi connectivity index (χ2n) is 3.84. The highest BCUT2D eigenvalue weighted by Gasteiger charge is 2.08. The first-order valence-electron chi connectivity index (χ1n) is 5.27. The van der Waals surface area contributed by atoms with Crippen LogP contribution in [0.2, 0.25) is 0 Å². The Kier molecular flexibility index (Phi) is 5.61. The molecule has 1 heterocycles. The van der Waals surface area contributed by atoms with E-state index in [0.717, 1.165) is 19.6 Å². The van der Waals surface area contributed by atoms with Crippen molar-refractivity contribution in [3.63, 3.8) is 0 Å². The summed E-state index contributed by atoms with van der Waals surface area (Å²) in [5.41, 5.74) is 1.40. The van der Waals surface area contributed by atoms with Gasteiger partial charge in [-0.1, -0.05) is 6.08 Å². The van der Waals surface area contributed by atoms with Gasteiger partial charge in [0.15, 0.2) is 0 Å². The Hall–Kier alpha value is -0.640. The van der Waals surface area contributed by atoms with Gasteiger partial charge in [0, 0.05) is 25.7 Å². The SMILES string of the molecule is C=CCNCC(C)N(C)Cc1ccsc1. The Morgan fingerprint density at radius 3 is 3.07 bits per heavy atom. The van der Waals surface area contributed by atoms with E-state index in [1.165, 1.54) is 5.56 Å². The molecule has 2 nitrogen and oxygen atoms in total. The maximum atomic E-state index is 3.69. The number of nitrogens with one attached hydrogen (secondary N) is 1. The summed E-state index contributed by atoms with van der Waals surface area (Å²) in [7, 11) is 2.16. The summed E-state index contributed by atoms with van der Waals surface area (Å²) in [5.74, 6) is 0. The van der Waals surface area contributed by atoms with Gasteiger partial charge in [0.2, 0.25) is 0 Å². The third-order valence-electron chi connectivity index (χ3n) is 2.49. The number of likely N-dealkylation sites (N-methyl/N-ethyl adjacent to an activating group) is 1. The molecule has 0 aliphatic heterocycles. The predicted molar refractivity (Wildman–Crippen MR) is 68.3 cm³/mol. The fraction of sp³-hybridized carbons (Fsp3) is 0.500. The minimum Gasteiger partial charge on any atom is -0.312 e. The second kappa shape index (κ2) is 6.77. The largest absolute Gasteiger partial charge is 0.312 e. The maximum absolute atomic E-state index is 3.69. The van der Waals surface area contributed by atoms with Crippen LogP contribution in [0.25, 0.3) is 0 Å². The summed E-state index contributed by atoms with van der Waals surface area (Å²) in [6.07, 6.45) is 1.89. The maximum Gasteiger partial charge on any atom is 0.0242 e. The molecule has 0 amide bonds. The highest BCUT2D eigenvalue weighted by molar-refractivity contribution is 7.07. The van der Waals surface area contributed by atoms with Gasteiger partial charge >= 0.3 is 0 Å². The Balaban J connectivity index is 2.26. The predicted octanol–water partition coefficient (Wildman–Crippen LogP) is 2.34. The van der Waals surface area contributed by atoms with Crippen molar-refractivity contribution in [1.82, 2.24) is 10.2 Å². The van der Waals surface area contributed by atoms with Crippen LogP contribution in [0.1, 0.15) is 12.5 Å². The molecule has 0 aliphatic rings. The van der Waals surface area contributed by atoms with Crippen molar-refractivity contribution in [3.8, 4) is 0 Å². The molecule has 1 N–H and O–H groups in total. The molecule has 0 radical (unpaired) electrons. The average Bonchev–Trinajstić information content (AvgIpc) is 2.70. The zero-order chi connectivity index (χ0) is 11.1. The highest BCUT2D eigenvalue weighted by Crippen LogP contribution is 2.09. The van der Waals surface area contributed by atoms with Crippen LogP contribution in [-0.2, 0) is 6.54 Å². The molecule has 1 aromatic heterocycles. The Bertz CT molecular complexity index is 269. The summed E-state index contributed by atoms with van der Waals surface area (Å²) in [4.78, 5) is 2.36. The topological polar surface area (TPSA) is 15.3 Å². The van der Waals surface area contributed by atoms with Crippen LogP contribution in [0.15, 0.2) is 29.5 Å². The first-order valence-corrected chi connectivity index (χ1v) is 6.21. The molecule has 0 spiro atoms. The molecule has 0 bridgehead atoms. The van der Waals surface area contributed by atoms with E-state index in [1.807, 2.05) is 6.08 Å². The molecule has 0 aromatic carbocycles. The van der Waals surface area contributed by atoms with Crippen molar-refractivity contribution in [2.24, 2.45) is 0 Å². The van der Waals surface area contributed by atoms with E-state index in [-0.39, 0.29) is 0 Å². The quantitative estimate of drug-likeness (QED) is 0.565. The van der Waals surface area contributed by atoms with Crippen LogP contribution in [0.5, 0.6) is 0 Å². The minimum absolute atomic E-state index is 0.546. The summed E-state index contributed by atoms with van der Waals surface area (Å²) in [5, 5.41) is 7.68. The first-order chi connectivity index (χ1) is 7.24. The Labute approximate surface area is 96.6 Å². The molecular weight excluding hydrogens is 204 g/mol. The van der Waals surface area contributed by atoms with Crippen molar-refractivity contribution < 1.29 is 0 Å². The number of nitrogens with zero attached hydrogens (tertiary/aromatic N) is 1.